The summed E-state index contributed by atoms with van der Waals surface area (Å²) in [5, 5.41) is 177. The van der Waals surface area contributed by atoms with Gasteiger partial charge in [-0.05, 0) is 0 Å². The van der Waals surface area contributed by atoms with Gasteiger partial charge in [-0.15, -0.1) is 0 Å². The average molecular weight is 829 g/mol. The van der Waals surface area contributed by atoms with E-state index in [0.717, 1.165) is 0 Å². The molecule has 0 amide bonds. The summed E-state index contributed by atoms with van der Waals surface area (Å²) >= 11 is 0. The molecule has 25 atom stereocenters. The monoisotopic (exact) mass is 828 g/mol. The molecule has 0 aliphatic carbocycles. The Labute approximate surface area is 316 Å². The maximum atomic E-state index is 11.4. The van der Waals surface area contributed by atoms with Gasteiger partial charge < -0.3 is 129 Å². The van der Waals surface area contributed by atoms with Crippen molar-refractivity contribution in [3.05, 3.63) is 0 Å². The van der Waals surface area contributed by atoms with Crippen LogP contribution >= 0.6 is 0 Å². The van der Waals surface area contributed by atoms with Crippen molar-refractivity contribution in [1.82, 2.24) is 0 Å². The van der Waals surface area contributed by atoms with Gasteiger partial charge in [-0.1, -0.05) is 0 Å². The van der Waals surface area contributed by atoms with Gasteiger partial charge in [-0.3, -0.25) is 0 Å². The SMILES string of the molecule is OC[C@H]1O[C@@H](O[C@@H]2[C@@H](O[C@@H]3O[C@H](CO)[C@@H](O)[C@H](O[C@@H]4O[C@H](CO)[C@@H](O)[C@H](O)[C@H]4O)[C@H]3O[C@@H]3O[C@H](CO)[C@@H](O)[C@H](O)[C@H]3O)[C@H](O)[C@@H](CO)O[C@@H]2O)[C@H](O)[C@@H](O)[C@@H]1O. The molecule has 0 saturated carbocycles. The molecule has 17 N–H and O–H groups in total. The second-order valence-electron chi connectivity index (χ2n) is 13.9. The lowest BCUT2D eigenvalue weighted by atomic mass is 9.95. The van der Waals surface area contributed by atoms with Crippen LogP contribution in [0.25, 0.3) is 0 Å². The Hall–Kier alpha value is -1.04. The average Bonchev–Trinajstić information content (AvgIpc) is 3.19. The Morgan fingerprint density at radius 2 is 0.536 bits per heavy atom. The van der Waals surface area contributed by atoms with Gasteiger partial charge in [0, 0.05) is 0 Å². The maximum absolute atomic E-state index is 11.4. The Balaban J connectivity index is 1.52. The molecule has 56 heavy (non-hydrogen) atoms. The van der Waals surface area contributed by atoms with Gasteiger partial charge >= 0.3 is 0 Å². The first-order valence-electron chi connectivity index (χ1n) is 17.6. The molecule has 5 rings (SSSR count). The molecule has 0 bridgehead atoms. The minimum absolute atomic E-state index is 0.892. The first-order valence-corrected chi connectivity index (χ1v) is 17.6. The van der Waals surface area contributed by atoms with Crippen molar-refractivity contribution in [3.8, 4) is 0 Å². The lowest BCUT2D eigenvalue weighted by molar-refractivity contribution is -0.413. The molecule has 0 aromatic rings. The summed E-state index contributed by atoms with van der Waals surface area (Å²) in [6.45, 7) is -4.75. The molecule has 5 fully saturated rings. The molecule has 5 heterocycles. The second-order valence-corrected chi connectivity index (χ2v) is 13.9. The molecule has 0 radical (unpaired) electrons. The van der Waals surface area contributed by atoms with Crippen molar-refractivity contribution in [3.63, 3.8) is 0 Å². The van der Waals surface area contributed by atoms with E-state index in [9.17, 15) is 86.8 Å². The van der Waals surface area contributed by atoms with Crippen LogP contribution in [0.2, 0.25) is 0 Å². The molecule has 26 heteroatoms. The number of aliphatic hydroxyl groups is 17. The third-order valence-corrected chi connectivity index (χ3v) is 10.3. The van der Waals surface area contributed by atoms with E-state index in [-0.39, 0.29) is 0 Å². The lowest BCUT2D eigenvalue weighted by Gasteiger charge is -2.51. The van der Waals surface area contributed by atoms with Crippen LogP contribution in [-0.2, 0) is 42.6 Å². The molecule has 0 unspecified atom stereocenters. The zero-order valence-corrected chi connectivity index (χ0v) is 29.2. The van der Waals surface area contributed by atoms with E-state index in [1.165, 1.54) is 0 Å². The molecule has 328 valence electrons. The predicted octanol–water partition coefficient (Wildman–Crippen LogP) is -11.9. The lowest BCUT2D eigenvalue weighted by Crippen LogP contribution is -2.69. The van der Waals surface area contributed by atoms with E-state index in [4.69, 9.17) is 42.6 Å². The zero-order chi connectivity index (χ0) is 41.3. The van der Waals surface area contributed by atoms with Gasteiger partial charge in [0.25, 0.3) is 0 Å². The van der Waals surface area contributed by atoms with Crippen LogP contribution in [0.15, 0.2) is 0 Å². The van der Waals surface area contributed by atoms with Crippen molar-refractivity contribution in [2.45, 2.75) is 154 Å². The van der Waals surface area contributed by atoms with Gasteiger partial charge in [0.15, 0.2) is 31.5 Å². The molecule has 0 aromatic heterocycles. The Morgan fingerprint density at radius 3 is 0.911 bits per heavy atom. The number of hydrogen-bond acceptors (Lipinski definition) is 26. The van der Waals surface area contributed by atoms with E-state index in [2.05, 4.69) is 0 Å². The van der Waals surface area contributed by atoms with E-state index in [1.54, 1.807) is 0 Å². The Morgan fingerprint density at radius 1 is 0.268 bits per heavy atom. The van der Waals surface area contributed by atoms with Crippen molar-refractivity contribution in [1.29, 1.82) is 0 Å². The molecule has 5 saturated heterocycles. The minimum atomic E-state index is -2.18. The fraction of sp³-hybridized carbons (Fsp3) is 1.00. The molecule has 5 aliphatic rings. The van der Waals surface area contributed by atoms with Gasteiger partial charge in [0.05, 0.1) is 33.0 Å². The van der Waals surface area contributed by atoms with Crippen LogP contribution in [0.4, 0.5) is 0 Å². The van der Waals surface area contributed by atoms with Crippen molar-refractivity contribution >= 4 is 0 Å². The first-order chi connectivity index (χ1) is 26.5. The summed E-state index contributed by atoms with van der Waals surface area (Å²) in [4.78, 5) is 0. The van der Waals surface area contributed by atoms with Crippen molar-refractivity contribution in [2.75, 3.05) is 33.0 Å². The fourth-order valence-corrected chi connectivity index (χ4v) is 6.97. The number of aliphatic hydroxyl groups excluding tert-OH is 17. The van der Waals surface area contributed by atoms with E-state index in [0.29, 0.717) is 0 Å². The summed E-state index contributed by atoms with van der Waals surface area (Å²) in [5.74, 6) is 0. The highest BCUT2D eigenvalue weighted by Crippen LogP contribution is 2.37. The van der Waals surface area contributed by atoms with Crippen LogP contribution in [0.1, 0.15) is 0 Å². The number of ether oxygens (including phenoxy) is 9. The van der Waals surface area contributed by atoms with Gasteiger partial charge in [0.2, 0.25) is 0 Å². The normalized spacial score (nSPS) is 53.2. The molecule has 5 aliphatic heterocycles. The molecular weight excluding hydrogens is 776 g/mol. The fourth-order valence-electron chi connectivity index (χ4n) is 6.97. The summed E-state index contributed by atoms with van der Waals surface area (Å²) in [6.07, 6.45) is -48.6. The number of hydrogen-bond donors (Lipinski definition) is 17. The van der Waals surface area contributed by atoms with Crippen LogP contribution in [0.5, 0.6) is 0 Å². The smallest absolute Gasteiger partial charge is 0.187 e. The second kappa shape index (κ2) is 19.6. The van der Waals surface area contributed by atoms with Crippen molar-refractivity contribution < 1.29 is 129 Å². The molecule has 0 spiro atoms. The van der Waals surface area contributed by atoms with Crippen molar-refractivity contribution in [2.24, 2.45) is 0 Å². The maximum Gasteiger partial charge on any atom is 0.187 e. The van der Waals surface area contributed by atoms with Crippen LogP contribution in [0, 0.1) is 0 Å². The Kier molecular flexibility index (Phi) is 16.1. The van der Waals surface area contributed by atoms with Crippen LogP contribution < -0.4 is 0 Å². The summed E-state index contributed by atoms with van der Waals surface area (Å²) in [5.41, 5.74) is 0. The topological polar surface area (TPSA) is 427 Å². The third-order valence-electron chi connectivity index (χ3n) is 10.3. The van der Waals surface area contributed by atoms with Crippen LogP contribution in [-0.4, -0.2) is 273 Å². The van der Waals surface area contributed by atoms with Gasteiger partial charge in [0.1, 0.15) is 122 Å². The highest BCUT2D eigenvalue weighted by Gasteiger charge is 2.58. The summed E-state index contributed by atoms with van der Waals surface area (Å²) < 4.78 is 50.6. The third kappa shape index (κ3) is 9.16. The molecular formula is C30H52O26. The summed E-state index contributed by atoms with van der Waals surface area (Å²) in [7, 11) is 0. The Bertz CT molecular complexity index is 1200. The highest BCUT2D eigenvalue weighted by atomic mass is 16.8. The highest BCUT2D eigenvalue weighted by molar-refractivity contribution is 4.99. The van der Waals surface area contributed by atoms with Gasteiger partial charge in [-0.2, -0.15) is 0 Å². The van der Waals surface area contributed by atoms with Gasteiger partial charge in [-0.25, -0.2) is 0 Å². The first kappa shape index (κ1) is 46.0. The molecule has 26 nitrogen and oxygen atoms in total. The number of rotatable bonds is 13. The van der Waals surface area contributed by atoms with Crippen LogP contribution in [0.3, 0.4) is 0 Å². The molecule has 0 aromatic carbocycles. The minimum Gasteiger partial charge on any atom is -0.394 e. The zero-order valence-electron chi connectivity index (χ0n) is 29.2. The van der Waals surface area contributed by atoms with E-state index >= 15 is 0 Å². The largest absolute Gasteiger partial charge is 0.394 e. The quantitative estimate of drug-likeness (QED) is 0.0819. The van der Waals surface area contributed by atoms with E-state index < -0.39 is 187 Å². The van der Waals surface area contributed by atoms with E-state index in [1.807, 2.05) is 0 Å². The standard InChI is InChI=1S/C30H52O26/c31-1-6-11(36)16(41)19(44)27(49-6)53-23-15(40)10(5-35)52-30(25(23)56-29-21(46)18(43)13(38)8(3-33)51-29)54-22-14(39)9(4-34)48-26(47)24(22)55-28-20(45)17(42)12(37)7(2-32)50-28/h6-47H,1-5H2/t6-,7-,8-,9-,10-,11-,12-,13-,14-,15-,16+,17+,18+,19-,20-,21-,22+,23+,24-,25-,26+,27+,28+,29+,30+/m1/s1. The predicted molar refractivity (Wildman–Crippen MR) is 167 cm³/mol. The summed E-state index contributed by atoms with van der Waals surface area (Å²) in [6, 6.07) is 0.